The number of hydrogen-bond acceptors (Lipinski definition) is 1. The van der Waals surface area contributed by atoms with Crippen LogP contribution in [0.15, 0.2) is 127 Å². The number of benzene rings is 7. The third-order valence-corrected chi connectivity index (χ3v) is 7.95. The first-order valence-corrected chi connectivity index (χ1v) is 12.9. The van der Waals surface area contributed by atoms with Gasteiger partial charge in [0.25, 0.3) is 0 Å². The van der Waals surface area contributed by atoms with Crippen LogP contribution >= 0.6 is 0 Å². The highest BCUT2D eigenvalue weighted by atomic mass is 15.1. The SMILES string of the molecule is [2H]c1c([2H])c([2H])c2c(-n3c(C([2H])([2H])[2H])nc4ccccc43)c3c([2H])c([2H])c([2H])c([2H])c3c(-c3ccc4c5c(cccc35)-c3ccccc3-4)c2c1[2H]. The summed E-state index contributed by atoms with van der Waals surface area (Å²) in [4.78, 5) is 4.44. The molecular weight excluding hydrogens is 484 g/mol. The van der Waals surface area contributed by atoms with E-state index in [1.54, 1.807) is 24.3 Å². The lowest BCUT2D eigenvalue weighted by molar-refractivity contribution is 1.02. The van der Waals surface area contributed by atoms with Crippen LogP contribution in [0.25, 0.3) is 82.4 Å². The van der Waals surface area contributed by atoms with Crippen molar-refractivity contribution in [2.75, 3.05) is 0 Å². The van der Waals surface area contributed by atoms with Gasteiger partial charge in [-0.15, -0.1) is 0 Å². The molecule has 0 bridgehead atoms. The molecule has 0 saturated carbocycles. The molecule has 186 valence electrons. The van der Waals surface area contributed by atoms with Crippen molar-refractivity contribution in [2.45, 2.75) is 6.85 Å². The first kappa shape index (κ1) is 13.7. The summed E-state index contributed by atoms with van der Waals surface area (Å²) in [6.07, 6.45) is 0. The summed E-state index contributed by atoms with van der Waals surface area (Å²) in [7, 11) is 0. The zero-order chi connectivity index (χ0) is 35.8. The molecule has 0 fully saturated rings. The van der Waals surface area contributed by atoms with E-state index in [2.05, 4.69) is 4.98 Å². The van der Waals surface area contributed by atoms with Gasteiger partial charge in [0, 0.05) is 14.9 Å². The van der Waals surface area contributed by atoms with Crippen molar-refractivity contribution in [3.63, 3.8) is 0 Å². The lowest BCUT2D eigenvalue weighted by atomic mass is 9.87. The average Bonchev–Trinajstić information content (AvgIpc) is 3.68. The van der Waals surface area contributed by atoms with Crippen LogP contribution in [0.5, 0.6) is 0 Å². The normalized spacial score (nSPS) is 16.4. The van der Waals surface area contributed by atoms with Gasteiger partial charge in [-0.2, -0.15) is 0 Å². The molecule has 0 saturated heterocycles. The monoisotopic (exact) mass is 519 g/mol. The third kappa shape index (κ3) is 2.75. The van der Waals surface area contributed by atoms with E-state index in [9.17, 15) is 5.48 Å². The average molecular weight is 520 g/mol. The number of aryl methyl sites for hydroxylation is 1. The molecule has 7 aromatic carbocycles. The minimum absolute atomic E-state index is 0.000909. The van der Waals surface area contributed by atoms with Gasteiger partial charge in [-0.25, -0.2) is 4.98 Å². The second kappa shape index (κ2) is 7.91. The van der Waals surface area contributed by atoms with Gasteiger partial charge in [-0.3, -0.25) is 4.57 Å². The second-order valence-electron chi connectivity index (χ2n) is 9.92. The predicted molar refractivity (Wildman–Crippen MR) is 168 cm³/mol. The molecule has 40 heavy (non-hydrogen) atoms. The smallest absolute Gasteiger partial charge is 0.111 e. The summed E-state index contributed by atoms with van der Waals surface area (Å²) in [6, 6.07) is 20.2. The van der Waals surface area contributed by atoms with Gasteiger partial charge in [0.05, 0.1) is 27.7 Å². The molecule has 8 aromatic rings. The van der Waals surface area contributed by atoms with E-state index >= 15 is 0 Å². The maximum atomic E-state index is 9.36. The van der Waals surface area contributed by atoms with Crippen LogP contribution in [0, 0.1) is 6.85 Å². The Morgan fingerprint density at radius 1 is 0.575 bits per heavy atom. The van der Waals surface area contributed by atoms with Crippen molar-refractivity contribution in [3.8, 4) is 39.1 Å². The maximum Gasteiger partial charge on any atom is 0.111 e. The van der Waals surface area contributed by atoms with Crippen molar-refractivity contribution < 1.29 is 15.1 Å². The summed E-state index contributed by atoms with van der Waals surface area (Å²) in [5.74, 6) is -0.415. The molecule has 1 heterocycles. The van der Waals surface area contributed by atoms with Gasteiger partial charge >= 0.3 is 0 Å². The van der Waals surface area contributed by atoms with Crippen molar-refractivity contribution >= 4 is 43.4 Å². The second-order valence-corrected chi connectivity index (χ2v) is 9.92. The summed E-state index contributed by atoms with van der Waals surface area (Å²) >= 11 is 0. The van der Waals surface area contributed by atoms with Crippen molar-refractivity contribution in [3.05, 3.63) is 133 Å². The molecule has 1 aliphatic rings. The van der Waals surface area contributed by atoms with Gasteiger partial charge in [0.15, 0.2) is 0 Å². The number of aromatic nitrogens is 2. The summed E-state index contributed by atoms with van der Waals surface area (Å²) in [5.41, 5.74) is 5.20. The molecule has 0 aliphatic heterocycles. The minimum Gasteiger partial charge on any atom is -0.295 e. The molecule has 1 aromatic heterocycles. The number of fused-ring (bicyclic) bond motifs is 6. The van der Waals surface area contributed by atoms with E-state index in [4.69, 9.17) is 9.60 Å². The fourth-order valence-corrected chi connectivity index (χ4v) is 6.38. The standard InChI is InChI=1S/C38H24N2/c1-23-39-34-19-8-9-20-35(34)40(23)38-32-15-6-4-13-28(32)37(29-14-5-7-16-33(29)38)31-22-21-30-25-12-3-2-11-24(25)26-17-10-18-27(31)36(26)30/h2-22H,1H3/i1D3,4D,5D,6D,7D,13D,14D,15D,16D. The van der Waals surface area contributed by atoms with Crippen LogP contribution in [0.2, 0.25) is 0 Å². The molecule has 0 atom stereocenters. The molecule has 2 nitrogen and oxygen atoms in total. The van der Waals surface area contributed by atoms with E-state index in [0.717, 1.165) is 33.0 Å². The Labute approximate surface area is 247 Å². The van der Waals surface area contributed by atoms with Crippen LogP contribution in [0.1, 0.15) is 20.9 Å². The molecule has 0 spiro atoms. The van der Waals surface area contributed by atoms with E-state index in [1.165, 1.54) is 4.57 Å². The van der Waals surface area contributed by atoms with Crippen LogP contribution in [0.4, 0.5) is 0 Å². The largest absolute Gasteiger partial charge is 0.295 e. The zero-order valence-electron chi connectivity index (χ0n) is 31.9. The Bertz CT molecular complexity index is 2780. The van der Waals surface area contributed by atoms with Crippen molar-refractivity contribution in [2.24, 2.45) is 0 Å². The van der Waals surface area contributed by atoms with Gasteiger partial charge in [-0.1, -0.05) is 115 Å². The lowest BCUT2D eigenvalue weighted by Gasteiger charge is -2.20. The molecule has 2 heteroatoms. The van der Waals surface area contributed by atoms with E-state index in [1.807, 2.05) is 54.6 Å². The van der Waals surface area contributed by atoms with E-state index in [-0.39, 0.29) is 32.8 Å². The Balaban J connectivity index is 1.60. The number of hydrogen-bond donors (Lipinski definition) is 0. The maximum absolute atomic E-state index is 9.36. The van der Waals surface area contributed by atoms with Crippen LogP contribution in [-0.4, -0.2) is 9.55 Å². The van der Waals surface area contributed by atoms with Crippen LogP contribution < -0.4 is 0 Å². The molecule has 0 radical (unpaired) electrons. The number of imidazole rings is 1. The first-order chi connectivity index (χ1) is 24.3. The van der Waals surface area contributed by atoms with Crippen molar-refractivity contribution in [1.82, 2.24) is 9.55 Å². The Morgan fingerprint density at radius 3 is 1.90 bits per heavy atom. The predicted octanol–water partition coefficient (Wildman–Crippen LogP) is 10.1. The highest BCUT2D eigenvalue weighted by Crippen LogP contribution is 2.51. The summed E-state index contributed by atoms with van der Waals surface area (Å²) in [5, 5.41) is 1.46. The third-order valence-electron chi connectivity index (χ3n) is 7.95. The Kier molecular flexibility index (Phi) is 2.71. The minimum atomic E-state index is -2.82. The molecular formula is C38H24N2. The van der Waals surface area contributed by atoms with Crippen LogP contribution in [0.3, 0.4) is 0 Å². The number of para-hydroxylation sites is 2. The Hall–Kier alpha value is -5.21. The number of rotatable bonds is 2. The molecule has 0 unspecified atom stereocenters. The highest BCUT2D eigenvalue weighted by Gasteiger charge is 2.25. The first-order valence-electron chi connectivity index (χ1n) is 18.4. The van der Waals surface area contributed by atoms with E-state index < -0.39 is 61.0 Å². The quantitative estimate of drug-likeness (QED) is 0.208. The molecule has 0 amide bonds. The van der Waals surface area contributed by atoms with Gasteiger partial charge < -0.3 is 0 Å². The number of nitrogens with zero attached hydrogens (tertiary/aromatic N) is 2. The van der Waals surface area contributed by atoms with Crippen LogP contribution in [-0.2, 0) is 0 Å². The fraction of sp³-hybridized carbons (Fsp3) is 0.0263. The van der Waals surface area contributed by atoms with Gasteiger partial charge in [0.1, 0.15) is 5.82 Å². The van der Waals surface area contributed by atoms with Gasteiger partial charge in [0.2, 0.25) is 0 Å². The molecule has 1 aliphatic carbocycles. The lowest BCUT2D eigenvalue weighted by Crippen LogP contribution is -2.01. The highest BCUT2D eigenvalue weighted by molar-refractivity contribution is 6.25. The van der Waals surface area contributed by atoms with E-state index in [0.29, 0.717) is 16.6 Å². The van der Waals surface area contributed by atoms with Crippen molar-refractivity contribution in [1.29, 1.82) is 0 Å². The topological polar surface area (TPSA) is 17.8 Å². The summed E-state index contributed by atoms with van der Waals surface area (Å²) in [6.45, 7) is -2.82. The zero-order valence-corrected chi connectivity index (χ0v) is 20.9. The molecule has 9 rings (SSSR count). The van der Waals surface area contributed by atoms with Gasteiger partial charge in [-0.05, 0) is 73.9 Å². The Morgan fingerprint density at radius 2 is 1.18 bits per heavy atom. The molecule has 0 N–H and O–H groups in total. The fourth-order valence-electron chi connectivity index (χ4n) is 6.38. The summed E-state index contributed by atoms with van der Waals surface area (Å²) < 4.78 is 99.2.